The van der Waals surface area contributed by atoms with Gasteiger partial charge in [0.2, 0.25) is 5.91 Å². The standard InChI is InChI=1S/C18H19Cl2NO/c1-12-5-3-4-6-16(12)13(2)21-18(22)10-8-14-7-9-15(19)11-17(14)20/h3-7,9,11,13H,8,10H2,1-2H3,(H,21,22)/t13-/m0/s1. The summed E-state index contributed by atoms with van der Waals surface area (Å²) in [5.74, 6) is 0.0155. The molecule has 2 rings (SSSR count). The maximum absolute atomic E-state index is 12.1. The Bertz CT molecular complexity index is 670. The molecule has 0 saturated carbocycles. The molecule has 116 valence electrons. The second-order valence-electron chi connectivity index (χ2n) is 5.38. The van der Waals surface area contributed by atoms with Gasteiger partial charge in [-0.25, -0.2) is 0 Å². The van der Waals surface area contributed by atoms with Crippen molar-refractivity contribution in [3.05, 3.63) is 69.2 Å². The first kappa shape index (κ1) is 16.9. The van der Waals surface area contributed by atoms with Crippen molar-refractivity contribution in [2.75, 3.05) is 0 Å². The molecule has 0 aliphatic rings. The van der Waals surface area contributed by atoms with Crippen LogP contribution in [0, 0.1) is 6.92 Å². The number of benzene rings is 2. The highest BCUT2D eigenvalue weighted by Gasteiger charge is 2.12. The number of hydrogen-bond acceptors (Lipinski definition) is 1. The molecule has 2 nitrogen and oxygen atoms in total. The lowest BCUT2D eigenvalue weighted by Crippen LogP contribution is -2.27. The van der Waals surface area contributed by atoms with Crippen molar-refractivity contribution in [2.45, 2.75) is 32.7 Å². The van der Waals surface area contributed by atoms with Crippen molar-refractivity contribution in [1.82, 2.24) is 5.32 Å². The summed E-state index contributed by atoms with van der Waals surface area (Å²) in [6.07, 6.45) is 1.000. The van der Waals surface area contributed by atoms with E-state index in [0.29, 0.717) is 22.9 Å². The number of carbonyl (C=O) groups is 1. The fraction of sp³-hybridized carbons (Fsp3) is 0.278. The molecule has 2 aromatic carbocycles. The fourth-order valence-electron chi connectivity index (χ4n) is 2.44. The van der Waals surface area contributed by atoms with Crippen molar-refractivity contribution in [3.63, 3.8) is 0 Å². The van der Waals surface area contributed by atoms with E-state index in [-0.39, 0.29) is 11.9 Å². The molecule has 1 amide bonds. The number of carbonyl (C=O) groups excluding carboxylic acids is 1. The van der Waals surface area contributed by atoms with Gasteiger partial charge in [0, 0.05) is 16.5 Å². The van der Waals surface area contributed by atoms with Crippen molar-refractivity contribution < 1.29 is 4.79 Å². The van der Waals surface area contributed by atoms with Gasteiger partial charge in [-0.15, -0.1) is 0 Å². The Morgan fingerprint density at radius 3 is 2.59 bits per heavy atom. The molecule has 0 bridgehead atoms. The van der Waals surface area contributed by atoms with Gasteiger partial charge < -0.3 is 5.32 Å². The molecular formula is C18H19Cl2NO. The van der Waals surface area contributed by atoms with E-state index < -0.39 is 0 Å². The second kappa shape index (κ2) is 7.66. The molecule has 0 unspecified atom stereocenters. The van der Waals surface area contributed by atoms with Crippen molar-refractivity contribution in [1.29, 1.82) is 0 Å². The van der Waals surface area contributed by atoms with Gasteiger partial charge in [-0.2, -0.15) is 0 Å². The van der Waals surface area contributed by atoms with E-state index in [2.05, 4.69) is 5.32 Å². The lowest BCUT2D eigenvalue weighted by Gasteiger charge is -2.16. The minimum absolute atomic E-state index is 0.00519. The van der Waals surface area contributed by atoms with Gasteiger partial charge in [-0.3, -0.25) is 4.79 Å². The molecule has 0 aliphatic carbocycles. The van der Waals surface area contributed by atoms with Gasteiger partial charge in [0.15, 0.2) is 0 Å². The number of rotatable bonds is 5. The minimum Gasteiger partial charge on any atom is -0.350 e. The fourth-order valence-corrected chi connectivity index (χ4v) is 2.94. The topological polar surface area (TPSA) is 29.1 Å². The van der Waals surface area contributed by atoms with Crippen molar-refractivity contribution in [3.8, 4) is 0 Å². The maximum Gasteiger partial charge on any atom is 0.220 e. The third-order valence-electron chi connectivity index (χ3n) is 3.67. The first-order valence-corrected chi connectivity index (χ1v) is 8.02. The Hall–Kier alpha value is -1.51. The molecule has 0 saturated heterocycles. The quantitative estimate of drug-likeness (QED) is 0.807. The number of amides is 1. The van der Waals surface area contributed by atoms with Gasteiger partial charge in [0.25, 0.3) is 0 Å². The van der Waals surface area contributed by atoms with E-state index in [1.807, 2.05) is 44.2 Å². The van der Waals surface area contributed by atoms with Crippen LogP contribution in [0.5, 0.6) is 0 Å². The van der Waals surface area contributed by atoms with Crippen LogP contribution >= 0.6 is 23.2 Å². The monoisotopic (exact) mass is 335 g/mol. The smallest absolute Gasteiger partial charge is 0.220 e. The minimum atomic E-state index is -0.00519. The summed E-state index contributed by atoms with van der Waals surface area (Å²) in [5, 5.41) is 4.24. The van der Waals surface area contributed by atoms with Crippen molar-refractivity contribution in [2.24, 2.45) is 0 Å². The van der Waals surface area contributed by atoms with E-state index in [1.54, 1.807) is 12.1 Å². The summed E-state index contributed by atoms with van der Waals surface area (Å²) in [5.41, 5.74) is 3.25. The van der Waals surface area contributed by atoms with Crippen LogP contribution in [0.3, 0.4) is 0 Å². The van der Waals surface area contributed by atoms with E-state index in [1.165, 1.54) is 5.56 Å². The molecule has 0 spiro atoms. The number of halogens is 2. The Morgan fingerprint density at radius 2 is 1.91 bits per heavy atom. The Kier molecular flexibility index (Phi) is 5.87. The van der Waals surface area contributed by atoms with Gasteiger partial charge in [-0.1, -0.05) is 53.5 Å². The molecule has 22 heavy (non-hydrogen) atoms. The maximum atomic E-state index is 12.1. The lowest BCUT2D eigenvalue weighted by atomic mass is 10.0. The molecular weight excluding hydrogens is 317 g/mol. The number of nitrogens with one attached hydrogen (secondary N) is 1. The van der Waals surface area contributed by atoms with Crippen LogP contribution in [-0.4, -0.2) is 5.91 Å². The highest BCUT2D eigenvalue weighted by molar-refractivity contribution is 6.35. The summed E-state index contributed by atoms with van der Waals surface area (Å²) in [6, 6.07) is 13.4. The van der Waals surface area contributed by atoms with Crippen LogP contribution in [0.25, 0.3) is 0 Å². The SMILES string of the molecule is Cc1ccccc1[C@H](C)NC(=O)CCc1ccc(Cl)cc1Cl. The summed E-state index contributed by atoms with van der Waals surface area (Å²) < 4.78 is 0. The van der Waals surface area contributed by atoms with E-state index in [0.717, 1.165) is 11.1 Å². The van der Waals surface area contributed by atoms with Gasteiger partial charge >= 0.3 is 0 Å². The average Bonchev–Trinajstić information content (AvgIpc) is 2.46. The molecule has 4 heteroatoms. The summed E-state index contributed by atoms with van der Waals surface area (Å²) >= 11 is 12.0. The largest absolute Gasteiger partial charge is 0.350 e. The Labute approximate surface area is 141 Å². The number of aryl methyl sites for hydroxylation is 2. The summed E-state index contributed by atoms with van der Waals surface area (Å²) in [6.45, 7) is 4.04. The van der Waals surface area contributed by atoms with Crippen LogP contribution in [0.2, 0.25) is 10.0 Å². The van der Waals surface area contributed by atoms with E-state index in [9.17, 15) is 4.79 Å². The third kappa shape index (κ3) is 4.49. The van der Waals surface area contributed by atoms with Crippen LogP contribution in [0.15, 0.2) is 42.5 Å². The number of hydrogen-bond donors (Lipinski definition) is 1. The predicted molar refractivity (Wildman–Crippen MR) is 92.5 cm³/mol. The van der Waals surface area contributed by atoms with E-state index >= 15 is 0 Å². The molecule has 1 N–H and O–H groups in total. The highest BCUT2D eigenvalue weighted by atomic mass is 35.5. The normalized spacial score (nSPS) is 12.0. The Morgan fingerprint density at radius 1 is 1.18 bits per heavy atom. The van der Waals surface area contributed by atoms with Crippen LogP contribution in [0.4, 0.5) is 0 Å². The second-order valence-corrected chi connectivity index (χ2v) is 6.23. The molecule has 0 aliphatic heterocycles. The Balaban J connectivity index is 1.92. The average molecular weight is 336 g/mol. The lowest BCUT2D eigenvalue weighted by molar-refractivity contribution is -0.121. The first-order valence-electron chi connectivity index (χ1n) is 7.26. The predicted octanol–water partition coefficient (Wildman–Crippen LogP) is 5.11. The molecule has 0 heterocycles. The molecule has 0 aromatic heterocycles. The van der Waals surface area contributed by atoms with Crippen molar-refractivity contribution >= 4 is 29.1 Å². The summed E-state index contributed by atoms with van der Waals surface area (Å²) in [4.78, 5) is 12.1. The van der Waals surface area contributed by atoms with Crippen LogP contribution < -0.4 is 5.32 Å². The molecule has 0 fully saturated rings. The zero-order chi connectivity index (χ0) is 16.1. The summed E-state index contributed by atoms with van der Waals surface area (Å²) in [7, 11) is 0. The van der Waals surface area contributed by atoms with Crippen LogP contribution in [-0.2, 0) is 11.2 Å². The van der Waals surface area contributed by atoms with Gasteiger partial charge in [-0.05, 0) is 49.1 Å². The zero-order valence-electron chi connectivity index (χ0n) is 12.7. The third-order valence-corrected chi connectivity index (χ3v) is 4.26. The van der Waals surface area contributed by atoms with Crippen LogP contribution in [0.1, 0.15) is 36.1 Å². The highest BCUT2D eigenvalue weighted by Crippen LogP contribution is 2.22. The van der Waals surface area contributed by atoms with Gasteiger partial charge in [0.05, 0.1) is 6.04 Å². The molecule has 1 atom stereocenters. The zero-order valence-corrected chi connectivity index (χ0v) is 14.2. The molecule has 0 radical (unpaired) electrons. The van der Waals surface area contributed by atoms with E-state index in [4.69, 9.17) is 23.2 Å². The van der Waals surface area contributed by atoms with Gasteiger partial charge in [0.1, 0.15) is 0 Å². The molecule has 2 aromatic rings. The first-order chi connectivity index (χ1) is 10.5.